The summed E-state index contributed by atoms with van der Waals surface area (Å²) >= 11 is 0. The average Bonchev–Trinajstić information content (AvgIpc) is 2.75. The molecule has 0 spiro atoms. The maximum absolute atomic E-state index is 2.59. The van der Waals surface area contributed by atoms with E-state index in [-0.39, 0.29) is 0 Å². The second-order valence-corrected chi connectivity index (χ2v) is 10.0. The zero-order chi connectivity index (χ0) is 19.3. The van der Waals surface area contributed by atoms with Crippen LogP contribution in [0.3, 0.4) is 0 Å². The van der Waals surface area contributed by atoms with Gasteiger partial charge in [-0.3, -0.25) is 0 Å². The van der Waals surface area contributed by atoms with Gasteiger partial charge in [0.25, 0.3) is 0 Å². The Morgan fingerprint density at radius 3 is 1.82 bits per heavy atom. The number of hydrogen-bond donors (Lipinski definition) is 0. The van der Waals surface area contributed by atoms with Crippen LogP contribution in [0.4, 0.5) is 0 Å². The summed E-state index contributed by atoms with van der Waals surface area (Å²) in [5, 5.41) is 0. The van der Waals surface area contributed by atoms with Gasteiger partial charge in [-0.05, 0) is 97.3 Å². The Kier molecular flexibility index (Phi) is 6.76. The molecule has 1 fully saturated rings. The van der Waals surface area contributed by atoms with E-state index < -0.39 is 0 Å². The Morgan fingerprint density at radius 1 is 0.714 bits per heavy atom. The molecule has 0 heterocycles. The Hall–Kier alpha value is -1.30. The Bertz CT molecular complexity index is 681. The van der Waals surface area contributed by atoms with E-state index in [0.29, 0.717) is 0 Å². The highest BCUT2D eigenvalue weighted by atomic mass is 14.3. The van der Waals surface area contributed by atoms with Crippen LogP contribution in [-0.2, 0) is 0 Å². The van der Waals surface area contributed by atoms with Crippen LogP contribution in [0, 0.1) is 23.7 Å². The molecule has 0 aromatic heterocycles. The SMILES string of the molecule is CCCC1CCC(C2CC=C(c3ccc(C4=CCC(C)CC4)cc3)CC2)CC1. The van der Waals surface area contributed by atoms with E-state index in [1.807, 2.05) is 0 Å². The lowest BCUT2D eigenvalue weighted by molar-refractivity contribution is 0.189. The van der Waals surface area contributed by atoms with Crippen LogP contribution in [0.1, 0.15) is 102 Å². The molecule has 3 aliphatic rings. The lowest BCUT2D eigenvalue weighted by atomic mass is 9.70. The summed E-state index contributed by atoms with van der Waals surface area (Å²) in [6.45, 7) is 4.72. The molecule has 1 aromatic carbocycles. The summed E-state index contributed by atoms with van der Waals surface area (Å²) in [4.78, 5) is 0. The quantitative estimate of drug-likeness (QED) is 0.482. The minimum atomic E-state index is 0.866. The van der Waals surface area contributed by atoms with E-state index in [9.17, 15) is 0 Å². The fourth-order valence-corrected chi connectivity index (χ4v) is 6.03. The molecule has 3 aliphatic carbocycles. The van der Waals surface area contributed by atoms with Crippen molar-refractivity contribution in [1.29, 1.82) is 0 Å². The van der Waals surface area contributed by atoms with Gasteiger partial charge in [0.1, 0.15) is 0 Å². The van der Waals surface area contributed by atoms with Crippen molar-refractivity contribution < 1.29 is 0 Å². The first-order valence-corrected chi connectivity index (χ1v) is 12.2. The first-order chi connectivity index (χ1) is 13.7. The van der Waals surface area contributed by atoms with Gasteiger partial charge in [0.05, 0.1) is 0 Å². The largest absolute Gasteiger partial charge is 0.0805 e. The summed E-state index contributed by atoms with van der Waals surface area (Å²) < 4.78 is 0. The zero-order valence-corrected chi connectivity index (χ0v) is 18.3. The lowest BCUT2D eigenvalue weighted by Crippen LogP contribution is -2.23. The number of hydrogen-bond acceptors (Lipinski definition) is 0. The van der Waals surface area contributed by atoms with E-state index in [1.165, 1.54) is 88.2 Å². The van der Waals surface area contributed by atoms with Gasteiger partial charge in [0.15, 0.2) is 0 Å². The molecule has 0 N–H and O–H groups in total. The van der Waals surface area contributed by atoms with E-state index in [2.05, 4.69) is 50.3 Å². The predicted molar refractivity (Wildman–Crippen MR) is 123 cm³/mol. The van der Waals surface area contributed by atoms with Gasteiger partial charge in [-0.25, -0.2) is 0 Å². The number of allylic oxidation sites excluding steroid dienone is 4. The van der Waals surface area contributed by atoms with Crippen molar-refractivity contribution in [3.05, 3.63) is 47.5 Å². The van der Waals surface area contributed by atoms with Gasteiger partial charge >= 0.3 is 0 Å². The molecule has 2 unspecified atom stereocenters. The zero-order valence-electron chi connectivity index (χ0n) is 18.3. The molecule has 152 valence electrons. The first kappa shape index (κ1) is 20.0. The summed E-state index contributed by atoms with van der Waals surface area (Å²) in [6.07, 6.45) is 21.8. The van der Waals surface area contributed by atoms with Crippen molar-refractivity contribution in [2.24, 2.45) is 23.7 Å². The second kappa shape index (κ2) is 9.47. The molecule has 1 aromatic rings. The molecule has 0 saturated heterocycles. The topological polar surface area (TPSA) is 0 Å². The normalized spacial score (nSPS) is 31.2. The fraction of sp³-hybridized carbons (Fsp3) is 0.643. The molecular weight excluding hydrogens is 336 g/mol. The monoisotopic (exact) mass is 376 g/mol. The molecular formula is C28H40. The van der Waals surface area contributed by atoms with Crippen molar-refractivity contribution >= 4 is 11.1 Å². The summed E-state index contributed by atoms with van der Waals surface area (Å²) in [7, 11) is 0. The van der Waals surface area contributed by atoms with E-state index in [0.717, 1.165) is 23.7 Å². The molecule has 0 heteroatoms. The minimum Gasteiger partial charge on any atom is -0.0805 e. The number of benzene rings is 1. The molecule has 0 aliphatic heterocycles. The fourth-order valence-electron chi connectivity index (χ4n) is 6.03. The smallest absolute Gasteiger partial charge is 0.0227 e. The van der Waals surface area contributed by atoms with Gasteiger partial charge in [-0.2, -0.15) is 0 Å². The lowest BCUT2D eigenvalue weighted by Gasteiger charge is -2.35. The summed E-state index contributed by atoms with van der Waals surface area (Å²) in [5.41, 5.74) is 6.10. The van der Waals surface area contributed by atoms with Crippen molar-refractivity contribution in [2.75, 3.05) is 0 Å². The molecule has 1 saturated carbocycles. The number of rotatable bonds is 5. The molecule has 0 amide bonds. The van der Waals surface area contributed by atoms with Gasteiger partial charge in [0.2, 0.25) is 0 Å². The van der Waals surface area contributed by atoms with Crippen LogP contribution in [0.2, 0.25) is 0 Å². The highest BCUT2D eigenvalue weighted by Crippen LogP contribution is 2.42. The molecule has 2 atom stereocenters. The Morgan fingerprint density at radius 2 is 1.32 bits per heavy atom. The third-order valence-electron chi connectivity index (χ3n) is 8.01. The maximum Gasteiger partial charge on any atom is -0.0227 e. The van der Waals surface area contributed by atoms with Gasteiger partial charge in [-0.15, -0.1) is 0 Å². The van der Waals surface area contributed by atoms with Gasteiger partial charge in [0, 0.05) is 0 Å². The van der Waals surface area contributed by atoms with Gasteiger partial charge < -0.3 is 0 Å². The van der Waals surface area contributed by atoms with Crippen molar-refractivity contribution in [3.8, 4) is 0 Å². The predicted octanol–water partition coefficient (Wildman–Crippen LogP) is 8.68. The highest BCUT2D eigenvalue weighted by Gasteiger charge is 2.28. The average molecular weight is 377 g/mol. The Labute approximate surface area is 173 Å². The second-order valence-electron chi connectivity index (χ2n) is 10.0. The highest BCUT2D eigenvalue weighted by molar-refractivity contribution is 5.71. The van der Waals surface area contributed by atoms with Gasteiger partial charge in [-0.1, -0.05) is 75.9 Å². The third-order valence-corrected chi connectivity index (χ3v) is 8.01. The van der Waals surface area contributed by atoms with E-state index in [4.69, 9.17) is 0 Å². The van der Waals surface area contributed by atoms with Crippen molar-refractivity contribution in [3.63, 3.8) is 0 Å². The van der Waals surface area contributed by atoms with Crippen molar-refractivity contribution in [2.45, 2.75) is 90.9 Å². The van der Waals surface area contributed by atoms with Crippen molar-refractivity contribution in [1.82, 2.24) is 0 Å². The minimum absolute atomic E-state index is 0.866. The Balaban J connectivity index is 1.33. The molecule has 4 rings (SSSR count). The summed E-state index contributed by atoms with van der Waals surface area (Å²) in [6, 6.07) is 9.52. The maximum atomic E-state index is 2.59. The van der Waals surface area contributed by atoms with Crippen LogP contribution in [0.25, 0.3) is 11.1 Å². The van der Waals surface area contributed by atoms with Crippen LogP contribution >= 0.6 is 0 Å². The molecule has 0 bridgehead atoms. The molecule has 0 nitrogen and oxygen atoms in total. The molecule has 28 heavy (non-hydrogen) atoms. The first-order valence-electron chi connectivity index (χ1n) is 12.2. The van der Waals surface area contributed by atoms with E-state index >= 15 is 0 Å². The van der Waals surface area contributed by atoms with E-state index in [1.54, 1.807) is 11.1 Å². The van der Waals surface area contributed by atoms with Crippen LogP contribution in [0.5, 0.6) is 0 Å². The third kappa shape index (κ3) is 4.81. The van der Waals surface area contributed by atoms with Crippen LogP contribution in [-0.4, -0.2) is 0 Å². The van der Waals surface area contributed by atoms with Crippen LogP contribution in [0.15, 0.2) is 36.4 Å². The molecule has 0 radical (unpaired) electrons. The van der Waals surface area contributed by atoms with Crippen LogP contribution < -0.4 is 0 Å². The summed E-state index contributed by atoms with van der Waals surface area (Å²) in [5.74, 6) is 3.87. The standard InChI is InChI=1S/C28H40/c1-3-4-22-7-11-24(12-8-22)26-15-19-28(20-16-26)27-17-13-25(14-18-27)23-9-5-21(2)6-10-23/h9,13-14,17-19,21-22,24,26H,3-8,10-12,15-16,20H2,1-2H3.